The van der Waals surface area contributed by atoms with Crippen LogP contribution in [0.25, 0.3) is 0 Å². The van der Waals surface area contributed by atoms with Crippen molar-refractivity contribution in [2.24, 2.45) is 0 Å². The van der Waals surface area contributed by atoms with Gasteiger partial charge in [-0.15, -0.1) is 11.3 Å². The Morgan fingerprint density at radius 1 is 1.20 bits per heavy atom. The Morgan fingerprint density at radius 2 is 1.80 bits per heavy atom. The van der Waals surface area contributed by atoms with Gasteiger partial charge in [-0.05, 0) is 53.5 Å². The fourth-order valence-corrected chi connectivity index (χ4v) is 5.72. The van der Waals surface area contributed by atoms with Crippen molar-refractivity contribution < 1.29 is 8.42 Å². The highest BCUT2D eigenvalue weighted by Crippen LogP contribution is 2.30. The fourth-order valence-electron chi connectivity index (χ4n) is 1.81. The molecule has 0 bridgehead atoms. The number of sulfonamides is 1. The van der Waals surface area contributed by atoms with Crippen LogP contribution in [0.3, 0.4) is 0 Å². The van der Waals surface area contributed by atoms with Crippen molar-refractivity contribution in [2.75, 3.05) is 0 Å². The van der Waals surface area contributed by atoms with E-state index < -0.39 is 10.0 Å². The summed E-state index contributed by atoms with van der Waals surface area (Å²) in [5, 5.41) is 0. The Balaban J connectivity index is 2.24. The summed E-state index contributed by atoms with van der Waals surface area (Å²) in [4.78, 5) is 1.10. The molecule has 1 aromatic carbocycles. The highest BCUT2D eigenvalue weighted by atomic mass is 79.9. The molecule has 1 N–H and O–H groups in total. The Bertz CT molecular complexity index is 708. The van der Waals surface area contributed by atoms with Gasteiger partial charge < -0.3 is 0 Å². The molecule has 1 aromatic heterocycles. The second-order valence-corrected chi connectivity index (χ2v) is 9.60. The van der Waals surface area contributed by atoms with Gasteiger partial charge in [0.25, 0.3) is 0 Å². The first-order valence-corrected chi connectivity index (χ1v) is 9.72. The monoisotopic (exact) mass is 437 g/mol. The SMILES string of the molecule is Cc1sc(Br)cc1S(=O)(=O)N[C@@H](C)c1ccc(Br)cc1. The molecular weight excluding hydrogens is 426 g/mol. The molecular formula is C13H13Br2NO2S2. The lowest BCUT2D eigenvalue weighted by molar-refractivity contribution is 0.567. The van der Waals surface area contributed by atoms with Crippen molar-refractivity contribution in [1.82, 2.24) is 4.72 Å². The minimum absolute atomic E-state index is 0.286. The normalized spacial score (nSPS) is 13.4. The van der Waals surface area contributed by atoms with Crippen LogP contribution >= 0.6 is 43.2 Å². The Morgan fingerprint density at radius 3 is 2.30 bits per heavy atom. The van der Waals surface area contributed by atoms with E-state index in [1.165, 1.54) is 11.3 Å². The Kier molecular flexibility index (Phi) is 5.07. The third kappa shape index (κ3) is 3.71. The van der Waals surface area contributed by atoms with Gasteiger partial charge in [0, 0.05) is 15.4 Å². The van der Waals surface area contributed by atoms with E-state index in [9.17, 15) is 8.42 Å². The molecule has 0 unspecified atom stereocenters. The van der Waals surface area contributed by atoms with Gasteiger partial charge in [0.05, 0.1) is 8.68 Å². The second-order valence-electron chi connectivity index (χ2n) is 4.37. The van der Waals surface area contributed by atoms with Crippen molar-refractivity contribution >= 4 is 53.2 Å². The molecule has 20 heavy (non-hydrogen) atoms. The van der Waals surface area contributed by atoms with Gasteiger partial charge in [0.1, 0.15) is 0 Å². The molecule has 2 aromatic rings. The lowest BCUT2D eigenvalue weighted by Gasteiger charge is -2.14. The van der Waals surface area contributed by atoms with Crippen molar-refractivity contribution in [1.29, 1.82) is 0 Å². The summed E-state index contributed by atoms with van der Waals surface area (Å²) < 4.78 is 29.2. The smallest absolute Gasteiger partial charge is 0.207 e. The molecule has 1 atom stereocenters. The minimum Gasteiger partial charge on any atom is -0.207 e. The van der Waals surface area contributed by atoms with Crippen LogP contribution < -0.4 is 4.72 Å². The van der Waals surface area contributed by atoms with Crippen LogP contribution in [-0.2, 0) is 10.0 Å². The molecule has 0 aliphatic carbocycles. The van der Waals surface area contributed by atoms with E-state index in [4.69, 9.17) is 0 Å². The number of thiophene rings is 1. The number of nitrogens with one attached hydrogen (secondary N) is 1. The number of hydrogen-bond acceptors (Lipinski definition) is 3. The number of benzene rings is 1. The van der Waals surface area contributed by atoms with Crippen LogP contribution in [0.1, 0.15) is 23.4 Å². The summed E-state index contributed by atoms with van der Waals surface area (Å²) in [6.07, 6.45) is 0. The highest BCUT2D eigenvalue weighted by molar-refractivity contribution is 9.11. The van der Waals surface area contributed by atoms with E-state index in [1.807, 2.05) is 31.2 Å². The quantitative estimate of drug-likeness (QED) is 0.756. The predicted octanol–water partition coefficient (Wildman–Crippen LogP) is 4.62. The summed E-state index contributed by atoms with van der Waals surface area (Å²) >= 11 is 8.09. The molecule has 0 saturated carbocycles. The second kappa shape index (κ2) is 6.27. The molecule has 0 radical (unpaired) electrons. The van der Waals surface area contributed by atoms with Gasteiger partial charge in [-0.25, -0.2) is 13.1 Å². The zero-order valence-electron chi connectivity index (χ0n) is 10.9. The largest absolute Gasteiger partial charge is 0.242 e. The topological polar surface area (TPSA) is 46.2 Å². The van der Waals surface area contributed by atoms with E-state index >= 15 is 0 Å². The summed E-state index contributed by atoms with van der Waals surface area (Å²) in [5.74, 6) is 0. The number of hydrogen-bond donors (Lipinski definition) is 1. The van der Waals surface area contributed by atoms with E-state index in [1.54, 1.807) is 13.0 Å². The standard InChI is InChI=1S/C13H13Br2NO2S2/c1-8(10-3-5-11(14)6-4-10)16-20(17,18)12-7-13(15)19-9(12)2/h3-8,16H,1-2H3/t8-/m0/s1. The van der Waals surface area contributed by atoms with E-state index in [-0.39, 0.29) is 6.04 Å². The molecule has 0 fully saturated rings. The first-order chi connectivity index (χ1) is 9.29. The van der Waals surface area contributed by atoms with Crippen LogP contribution in [0.5, 0.6) is 0 Å². The van der Waals surface area contributed by atoms with E-state index in [0.717, 1.165) is 18.7 Å². The Hall–Kier alpha value is -0.210. The first-order valence-electron chi connectivity index (χ1n) is 5.83. The first kappa shape index (κ1) is 16.2. The van der Waals surface area contributed by atoms with Gasteiger partial charge in [0.15, 0.2) is 0 Å². The van der Waals surface area contributed by atoms with Crippen LogP contribution in [0.15, 0.2) is 43.5 Å². The van der Waals surface area contributed by atoms with Gasteiger partial charge in [-0.3, -0.25) is 0 Å². The third-order valence-corrected chi connectivity index (χ3v) is 6.71. The number of halogens is 2. The highest BCUT2D eigenvalue weighted by Gasteiger charge is 2.22. The summed E-state index contributed by atoms with van der Waals surface area (Å²) in [6.45, 7) is 3.63. The maximum absolute atomic E-state index is 12.4. The molecule has 3 nitrogen and oxygen atoms in total. The number of aryl methyl sites for hydroxylation is 1. The molecule has 108 valence electrons. The zero-order chi connectivity index (χ0) is 14.9. The summed E-state index contributed by atoms with van der Waals surface area (Å²) in [5.41, 5.74) is 0.920. The maximum Gasteiger partial charge on any atom is 0.242 e. The minimum atomic E-state index is -3.51. The molecule has 0 spiro atoms. The van der Waals surface area contributed by atoms with E-state index in [0.29, 0.717) is 4.90 Å². The lowest BCUT2D eigenvalue weighted by Crippen LogP contribution is -2.27. The van der Waals surface area contributed by atoms with Gasteiger partial charge >= 0.3 is 0 Å². The zero-order valence-corrected chi connectivity index (χ0v) is 15.7. The van der Waals surface area contributed by atoms with Crippen molar-refractivity contribution in [3.8, 4) is 0 Å². The number of rotatable bonds is 4. The van der Waals surface area contributed by atoms with Crippen molar-refractivity contribution in [3.05, 3.63) is 49.0 Å². The van der Waals surface area contributed by atoms with Crippen molar-refractivity contribution in [3.63, 3.8) is 0 Å². The molecule has 2 rings (SSSR count). The maximum atomic E-state index is 12.4. The van der Waals surface area contributed by atoms with Gasteiger partial charge in [0.2, 0.25) is 10.0 Å². The Labute approximate surface area is 139 Å². The van der Waals surface area contributed by atoms with Crippen LogP contribution in [0.4, 0.5) is 0 Å². The molecule has 0 amide bonds. The third-order valence-electron chi connectivity index (χ3n) is 2.83. The van der Waals surface area contributed by atoms with Gasteiger partial charge in [-0.2, -0.15) is 0 Å². The fraction of sp³-hybridized carbons (Fsp3) is 0.231. The summed E-state index contributed by atoms with van der Waals surface area (Å²) in [7, 11) is -3.51. The lowest BCUT2D eigenvalue weighted by atomic mass is 10.1. The summed E-state index contributed by atoms with van der Waals surface area (Å²) in [6, 6.07) is 8.93. The van der Waals surface area contributed by atoms with Crippen LogP contribution in [0.2, 0.25) is 0 Å². The molecule has 0 aliphatic heterocycles. The molecule has 1 heterocycles. The van der Waals surface area contributed by atoms with Crippen LogP contribution in [0, 0.1) is 6.92 Å². The van der Waals surface area contributed by atoms with E-state index in [2.05, 4.69) is 36.6 Å². The van der Waals surface area contributed by atoms with Gasteiger partial charge in [-0.1, -0.05) is 28.1 Å². The predicted molar refractivity (Wildman–Crippen MR) is 89.6 cm³/mol. The average molecular weight is 439 g/mol. The average Bonchev–Trinajstić information content (AvgIpc) is 2.69. The molecule has 0 aliphatic rings. The molecule has 7 heteroatoms. The van der Waals surface area contributed by atoms with Crippen molar-refractivity contribution in [2.45, 2.75) is 24.8 Å². The van der Waals surface area contributed by atoms with Crippen LogP contribution in [-0.4, -0.2) is 8.42 Å². The molecule has 0 saturated heterocycles.